The summed E-state index contributed by atoms with van der Waals surface area (Å²) in [7, 11) is 1.64. The van der Waals surface area contributed by atoms with Gasteiger partial charge in [-0.05, 0) is 69.4 Å². The molecule has 2 unspecified atom stereocenters. The van der Waals surface area contributed by atoms with Crippen molar-refractivity contribution in [3.8, 4) is 17.2 Å². The Labute approximate surface area is 167 Å². The lowest BCUT2D eigenvalue weighted by Gasteiger charge is -2.21. The SMILES string of the molecule is COc1cc(C(C)NC(=O)C(C)Oc2ccccc2)ccc1OC1CCCC1. The smallest absolute Gasteiger partial charge is 0.261 e. The second-order valence-corrected chi connectivity index (χ2v) is 7.24. The number of rotatable bonds is 8. The predicted octanol–water partition coefficient (Wildman–Crippen LogP) is 4.66. The van der Waals surface area contributed by atoms with Crippen LogP contribution < -0.4 is 19.5 Å². The van der Waals surface area contributed by atoms with E-state index in [1.165, 1.54) is 12.8 Å². The van der Waals surface area contributed by atoms with Gasteiger partial charge in [-0.15, -0.1) is 0 Å². The average Bonchev–Trinajstić information content (AvgIpc) is 3.22. The maximum Gasteiger partial charge on any atom is 0.261 e. The van der Waals surface area contributed by atoms with Crippen molar-refractivity contribution in [3.05, 3.63) is 54.1 Å². The van der Waals surface area contributed by atoms with Gasteiger partial charge in [-0.2, -0.15) is 0 Å². The number of ether oxygens (including phenoxy) is 3. The molecule has 1 amide bonds. The van der Waals surface area contributed by atoms with Crippen molar-refractivity contribution < 1.29 is 19.0 Å². The molecule has 5 nitrogen and oxygen atoms in total. The first-order valence-corrected chi connectivity index (χ1v) is 9.93. The van der Waals surface area contributed by atoms with Crippen LogP contribution in [-0.4, -0.2) is 25.2 Å². The summed E-state index contributed by atoms with van der Waals surface area (Å²) in [5.41, 5.74) is 0.955. The molecule has 2 aromatic rings. The van der Waals surface area contributed by atoms with Crippen LogP contribution in [0.3, 0.4) is 0 Å². The van der Waals surface area contributed by atoms with Crippen LogP contribution in [0.15, 0.2) is 48.5 Å². The van der Waals surface area contributed by atoms with Gasteiger partial charge in [0, 0.05) is 0 Å². The maximum atomic E-state index is 12.5. The zero-order valence-corrected chi connectivity index (χ0v) is 16.8. The van der Waals surface area contributed by atoms with E-state index in [1.54, 1.807) is 14.0 Å². The molecule has 3 rings (SSSR count). The third-order valence-electron chi connectivity index (χ3n) is 5.07. The van der Waals surface area contributed by atoms with E-state index >= 15 is 0 Å². The molecular formula is C23H29NO4. The van der Waals surface area contributed by atoms with Crippen LogP contribution in [0.4, 0.5) is 0 Å². The summed E-state index contributed by atoms with van der Waals surface area (Å²) in [6.07, 6.45) is 4.31. The van der Waals surface area contributed by atoms with Gasteiger partial charge in [-0.3, -0.25) is 4.79 Å². The zero-order chi connectivity index (χ0) is 19.9. The normalized spacial score (nSPS) is 16.2. The first-order chi connectivity index (χ1) is 13.6. The molecule has 1 fully saturated rings. The highest BCUT2D eigenvalue weighted by atomic mass is 16.5. The minimum Gasteiger partial charge on any atom is -0.493 e. The summed E-state index contributed by atoms with van der Waals surface area (Å²) in [5, 5.41) is 3.00. The number of methoxy groups -OCH3 is 1. The molecular weight excluding hydrogens is 354 g/mol. The number of carbonyl (C=O) groups is 1. The number of carbonyl (C=O) groups excluding carboxylic acids is 1. The Kier molecular flexibility index (Phi) is 6.80. The quantitative estimate of drug-likeness (QED) is 0.720. The molecule has 150 valence electrons. The summed E-state index contributed by atoms with van der Waals surface area (Å²) < 4.78 is 17.3. The Morgan fingerprint density at radius 2 is 1.75 bits per heavy atom. The molecule has 1 N–H and O–H groups in total. The first-order valence-electron chi connectivity index (χ1n) is 9.93. The first kappa shape index (κ1) is 20.1. The van der Waals surface area contributed by atoms with Crippen LogP contribution in [0.2, 0.25) is 0 Å². The fourth-order valence-electron chi connectivity index (χ4n) is 3.41. The van der Waals surface area contributed by atoms with Gasteiger partial charge in [0.25, 0.3) is 5.91 Å². The monoisotopic (exact) mass is 383 g/mol. The summed E-state index contributed by atoms with van der Waals surface area (Å²) in [5.74, 6) is 1.96. The van der Waals surface area contributed by atoms with Crippen molar-refractivity contribution in [2.45, 2.75) is 57.8 Å². The standard InChI is InChI=1S/C23H29NO4/c1-16(24-23(25)17(2)27-19-9-5-4-6-10-19)18-13-14-21(22(15-18)26-3)28-20-11-7-8-12-20/h4-6,9-10,13-17,20H,7-8,11-12H2,1-3H3,(H,24,25). The second-order valence-electron chi connectivity index (χ2n) is 7.24. The van der Waals surface area contributed by atoms with Gasteiger partial charge >= 0.3 is 0 Å². The van der Waals surface area contributed by atoms with Gasteiger partial charge in [0.1, 0.15) is 5.75 Å². The number of hydrogen-bond acceptors (Lipinski definition) is 4. The van der Waals surface area contributed by atoms with Crippen molar-refractivity contribution in [1.82, 2.24) is 5.32 Å². The van der Waals surface area contributed by atoms with Gasteiger partial charge in [0.15, 0.2) is 17.6 Å². The van der Waals surface area contributed by atoms with Crippen molar-refractivity contribution in [3.63, 3.8) is 0 Å². The molecule has 0 heterocycles. The Bertz CT molecular complexity index is 771. The van der Waals surface area contributed by atoms with Crippen molar-refractivity contribution in [2.24, 2.45) is 0 Å². The lowest BCUT2D eigenvalue weighted by atomic mass is 10.1. The van der Waals surface area contributed by atoms with E-state index < -0.39 is 6.10 Å². The number of benzene rings is 2. The van der Waals surface area contributed by atoms with E-state index in [9.17, 15) is 4.79 Å². The summed E-state index contributed by atoms with van der Waals surface area (Å²) >= 11 is 0. The Balaban J connectivity index is 1.61. The Hall–Kier alpha value is -2.69. The molecule has 28 heavy (non-hydrogen) atoms. The van der Waals surface area contributed by atoms with Crippen LogP contribution in [0.1, 0.15) is 51.1 Å². The Morgan fingerprint density at radius 1 is 1.04 bits per heavy atom. The zero-order valence-electron chi connectivity index (χ0n) is 16.8. The van der Waals surface area contributed by atoms with Crippen molar-refractivity contribution >= 4 is 5.91 Å². The summed E-state index contributed by atoms with van der Waals surface area (Å²) in [6, 6.07) is 15.0. The lowest BCUT2D eigenvalue weighted by Crippen LogP contribution is -2.37. The average molecular weight is 383 g/mol. The van der Waals surface area contributed by atoms with Gasteiger partial charge in [0.2, 0.25) is 0 Å². The third-order valence-corrected chi connectivity index (χ3v) is 5.07. The third kappa shape index (κ3) is 5.18. The van der Waals surface area contributed by atoms with Crippen molar-refractivity contribution in [1.29, 1.82) is 0 Å². The number of para-hydroxylation sites is 1. The molecule has 0 aromatic heterocycles. The molecule has 2 aromatic carbocycles. The van der Waals surface area contributed by atoms with Crippen LogP contribution in [0.5, 0.6) is 17.2 Å². The number of hydrogen-bond donors (Lipinski definition) is 1. The number of amides is 1. The van der Waals surface area contributed by atoms with E-state index in [-0.39, 0.29) is 18.1 Å². The van der Waals surface area contributed by atoms with Gasteiger partial charge in [0.05, 0.1) is 19.3 Å². The molecule has 1 saturated carbocycles. The van der Waals surface area contributed by atoms with E-state index in [4.69, 9.17) is 14.2 Å². The lowest BCUT2D eigenvalue weighted by molar-refractivity contribution is -0.127. The van der Waals surface area contributed by atoms with E-state index in [2.05, 4.69) is 5.32 Å². The van der Waals surface area contributed by atoms with Gasteiger partial charge < -0.3 is 19.5 Å². The fraction of sp³-hybridized carbons (Fsp3) is 0.435. The highest BCUT2D eigenvalue weighted by Crippen LogP contribution is 2.33. The van der Waals surface area contributed by atoms with E-state index in [0.717, 1.165) is 24.2 Å². The Morgan fingerprint density at radius 3 is 2.43 bits per heavy atom. The molecule has 2 atom stereocenters. The van der Waals surface area contributed by atoms with Crippen LogP contribution in [-0.2, 0) is 4.79 Å². The minimum atomic E-state index is -0.586. The largest absolute Gasteiger partial charge is 0.493 e. The second kappa shape index (κ2) is 9.49. The van der Waals surface area contributed by atoms with Gasteiger partial charge in [-0.1, -0.05) is 24.3 Å². The highest BCUT2D eigenvalue weighted by Gasteiger charge is 2.21. The molecule has 0 spiro atoms. The van der Waals surface area contributed by atoms with E-state index in [1.807, 2.05) is 55.5 Å². The molecule has 1 aliphatic rings. The van der Waals surface area contributed by atoms with Crippen molar-refractivity contribution in [2.75, 3.05) is 7.11 Å². The molecule has 0 bridgehead atoms. The summed E-state index contributed by atoms with van der Waals surface area (Å²) in [6.45, 7) is 3.69. The number of nitrogens with one attached hydrogen (secondary N) is 1. The molecule has 0 saturated heterocycles. The van der Waals surface area contributed by atoms with Crippen LogP contribution in [0.25, 0.3) is 0 Å². The molecule has 0 radical (unpaired) electrons. The molecule has 1 aliphatic carbocycles. The van der Waals surface area contributed by atoms with Gasteiger partial charge in [-0.25, -0.2) is 0 Å². The topological polar surface area (TPSA) is 56.8 Å². The highest BCUT2D eigenvalue weighted by molar-refractivity contribution is 5.81. The molecule has 0 aliphatic heterocycles. The maximum absolute atomic E-state index is 12.5. The van der Waals surface area contributed by atoms with Crippen LogP contribution in [0, 0.1) is 0 Å². The minimum absolute atomic E-state index is 0.165. The van der Waals surface area contributed by atoms with Crippen LogP contribution >= 0.6 is 0 Å². The summed E-state index contributed by atoms with van der Waals surface area (Å²) in [4.78, 5) is 12.5. The predicted molar refractivity (Wildman–Crippen MR) is 109 cm³/mol. The molecule has 5 heteroatoms. The van der Waals surface area contributed by atoms with E-state index in [0.29, 0.717) is 11.5 Å². The fourth-order valence-corrected chi connectivity index (χ4v) is 3.41.